The number of hydrogen-bond donors (Lipinski definition) is 2. The molecular formula is C81H118N6O25S2. The van der Waals surface area contributed by atoms with E-state index in [2.05, 4.69) is 35.7 Å². The Hall–Kier alpha value is -5.38. The third kappa shape index (κ3) is 24.7. The van der Waals surface area contributed by atoms with Crippen molar-refractivity contribution in [3.63, 3.8) is 0 Å². The van der Waals surface area contributed by atoms with Crippen LogP contribution >= 0.6 is 21.6 Å². The average Bonchev–Trinajstić information content (AvgIpc) is 1.55. The van der Waals surface area contributed by atoms with Crippen LogP contribution in [-0.2, 0) is 129 Å². The molecule has 0 saturated carbocycles. The highest BCUT2D eigenvalue weighted by Crippen LogP contribution is 2.55. The number of nitrogens with zero attached hydrogens (tertiary/aromatic N) is 5. The van der Waals surface area contributed by atoms with E-state index in [4.69, 9.17) is 85.3 Å². The summed E-state index contributed by atoms with van der Waals surface area (Å²) in [5, 5.41) is 22.7. The van der Waals surface area contributed by atoms with Gasteiger partial charge in [-0.15, -0.1) is 5.10 Å². The smallest absolute Gasteiger partial charge is 0.414 e. The number of rotatable bonds is 42. The van der Waals surface area contributed by atoms with Crippen molar-refractivity contribution in [3.05, 3.63) is 78.2 Å². The second kappa shape index (κ2) is 43.0. The summed E-state index contributed by atoms with van der Waals surface area (Å²) < 4.78 is 114. The molecule has 2 aromatic rings. The number of Topliss-reactive ketones (excluding diaryl/α,β-unsaturated/α-hetero) is 1. The van der Waals surface area contributed by atoms with E-state index in [1.165, 1.54) is 17.1 Å². The van der Waals surface area contributed by atoms with Crippen molar-refractivity contribution >= 4 is 62.8 Å². The Labute approximate surface area is 675 Å². The van der Waals surface area contributed by atoms with Gasteiger partial charge in [0, 0.05) is 95.3 Å². The maximum Gasteiger partial charge on any atom is 0.414 e. The van der Waals surface area contributed by atoms with Gasteiger partial charge in [0.1, 0.15) is 55.2 Å². The molecule has 634 valence electrons. The maximum atomic E-state index is 14.6. The topological polar surface area (TPSA) is 338 Å². The number of nitrogens with one attached hydrogen (secondary N) is 1. The van der Waals surface area contributed by atoms with Crippen LogP contribution in [0.3, 0.4) is 0 Å². The molecule has 10 saturated heterocycles. The van der Waals surface area contributed by atoms with E-state index in [-0.39, 0.29) is 174 Å². The zero-order chi connectivity index (χ0) is 80.1. The quantitative estimate of drug-likeness (QED) is 0.0220. The van der Waals surface area contributed by atoms with Gasteiger partial charge in [0.05, 0.1) is 184 Å². The second-order valence-corrected chi connectivity index (χ2v) is 34.8. The van der Waals surface area contributed by atoms with Gasteiger partial charge in [0.2, 0.25) is 5.91 Å². The lowest BCUT2D eigenvalue weighted by Gasteiger charge is -2.47. The average molecular weight is 1640 g/mol. The first-order valence-electron chi connectivity index (χ1n) is 40.7. The van der Waals surface area contributed by atoms with E-state index in [0.29, 0.717) is 135 Å². The van der Waals surface area contributed by atoms with Crippen molar-refractivity contribution in [2.45, 2.75) is 251 Å². The molecular weight excluding hydrogens is 1520 g/mol. The Kier molecular flexibility index (Phi) is 33.2. The van der Waals surface area contributed by atoms with Gasteiger partial charge in [-0.2, -0.15) is 0 Å². The summed E-state index contributed by atoms with van der Waals surface area (Å²) in [4.78, 5) is 79.4. The number of benzene rings is 1. The van der Waals surface area contributed by atoms with Crippen molar-refractivity contribution < 1.29 is 119 Å². The Morgan fingerprint density at radius 2 is 1.36 bits per heavy atom. The minimum Gasteiger partial charge on any atom is -0.461 e. The summed E-state index contributed by atoms with van der Waals surface area (Å²) in [5.41, 5.74) is 4.01. The number of aliphatic hydroxyl groups excluding tert-OH is 1. The number of carbonyl (C=O) groups excluding carboxylic acids is 6. The number of ether oxygens (including phenoxy) is 18. The minimum absolute atomic E-state index is 0.0141. The first-order valence-corrected chi connectivity index (χ1v) is 43.3. The standard InChI is InChI=1S/C81H118N6O25S2/c1-51-40-59-13-15-63-52(2)41-61(105-63)20-22-81-46-68-75(111-81)76-77(110-68)78(112-81)74-64(109-76)16-14-60(107-74)42-58(89)43-62-66(45-65(106-59)53(51)3)108-67(73(62)95-6)44-57(88)12-19-72(93)103-48-54-8-10-56(11-9-54)86(79(94)104-50-80(4,5)114-113-7)26-29-98-32-35-100-34-31-97-28-25-85-47-55(83-84-85)49-102-39-38-101-37-36-99-33-30-96-27-23-82-69(90)21-24-87-70(91)17-18-71(87)92/h8-11,17-18,47,51,57,59-68,73-78,88H,2-3,12-16,19-46,48-50H2,1,4-7H3,(H,82,90)/t51-,57-,59+,60?,61+,62+,63?,64+,65?,66+,67-,68?,73-,74+,75?,76+,77-,78+,81+/m1/s1. The van der Waals surface area contributed by atoms with E-state index in [1.807, 2.05) is 20.1 Å². The minimum atomic E-state index is -0.963. The molecule has 12 bridgehead atoms. The molecule has 11 aliphatic rings. The summed E-state index contributed by atoms with van der Waals surface area (Å²) in [6, 6.07) is 7.12. The molecule has 4 amide bonds. The predicted molar refractivity (Wildman–Crippen MR) is 415 cm³/mol. The molecule has 19 atom stereocenters. The lowest BCUT2D eigenvalue weighted by molar-refractivity contribution is -0.292. The first kappa shape index (κ1) is 87.9. The van der Waals surface area contributed by atoms with Crippen LogP contribution in [0.25, 0.3) is 0 Å². The van der Waals surface area contributed by atoms with Crippen LogP contribution in [0.4, 0.5) is 10.5 Å². The second-order valence-electron chi connectivity index (χ2n) is 31.7. The molecule has 0 radical (unpaired) electrons. The lowest BCUT2D eigenvalue weighted by atomic mass is 9.81. The molecule has 11 aliphatic heterocycles. The van der Waals surface area contributed by atoms with Crippen molar-refractivity contribution in [2.75, 3.05) is 130 Å². The van der Waals surface area contributed by atoms with Gasteiger partial charge < -0.3 is 95.7 Å². The zero-order valence-corrected chi connectivity index (χ0v) is 68.2. The molecule has 33 heteroatoms. The number of fused-ring (bicyclic) bond motifs is 6. The van der Waals surface area contributed by atoms with Gasteiger partial charge in [0.25, 0.3) is 11.8 Å². The number of esters is 1. The summed E-state index contributed by atoms with van der Waals surface area (Å²) in [7, 11) is 4.83. The largest absolute Gasteiger partial charge is 0.461 e. The Bertz CT molecular complexity index is 3500. The zero-order valence-electron chi connectivity index (χ0n) is 66.6. The van der Waals surface area contributed by atoms with Gasteiger partial charge in [-0.05, 0) is 106 Å². The van der Waals surface area contributed by atoms with Gasteiger partial charge in [-0.1, -0.05) is 59.0 Å². The van der Waals surface area contributed by atoms with Crippen LogP contribution in [-0.4, -0.2) is 294 Å². The van der Waals surface area contributed by atoms with Crippen molar-refractivity contribution in [1.29, 1.82) is 0 Å². The predicted octanol–water partition coefficient (Wildman–Crippen LogP) is 7.07. The molecule has 12 heterocycles. The van der Waals surface area contributed by atoms with Crippen molar-refractivity contribution in [3.8, 4) is 0 Å². The van der Waals surface area contributed by atoms with Crippen molar-refractivity contribution in [2.24, 2.45) is 11.8 Å². The lowest BCUT2D eigenvalue weighted by Crippen LogP contribution is -2.61. The van der Waals surface area contributed by atoms with Gasteiger partial charge in [-0.25, -0.2) is 9.48 Å². The Morgan fingerprint density at radius 3 is 2.10 bits per heavy atom. The number of hydrogen-bond acceptors (Lipinski definition) is 29. The van der Waals surface area contributed by atoms with E-state index in [0.717, 1.165) is 48.2 Å². The van der Waals surface area contributed by atoms with E-state index < -0.39 is 66.3 Å². The van der Waals surface area contributed by atoms with E-state index in [9.17, 15) is 33.9 Å². The third-order valence-electron chi connectivity index (χ3n) is 22.8. The van der Waals surface area contributed by atoms with Crippen LogP contribution in [0, 0.1) is 11.8 Å². The van der Waals surface area contributed by atoms with Gasteiger partial charge in [0.15, 0.2) is 5.79 Å². The molecule has 1 aromatic heterocycles. The molecule has 10 fully saturated rings. The SMILES string of the molecule is C=C1C[C@@H]2CC[C@@]34CC5O[C@H]6[C@@H](O3)[C@H]3OC(CC[C@@H]3O[C@H]6C5O4)CC(=O)C[C@@H]3[C@@H](OC)[C@@H](C[C@H](O)CCC(=O)OCc4ccc(N(CCOCCOCCOCCn5cc(COCCOCCOCCOCCNC(=O)CCN6C(=O)C=CC6=O)nn5)C(=O)OCC(C)(C)SSC)cc4)O[C@H]3CC3O[C@@H](CCC1O2)C[C@@H](C)C3=C. The molecule has 1 spiro atoms. The summed E-state index contributed by atoms with van der Waals surface area (Å²) in [6.07, 6.45) is 7.76. The number of imide groups is 1. The highest BCUT2D eigenvalue weighted by molar-refractivity contribution is 8.77. The fourth-order valence-electron chi connectivity index (χ4n) is 16.9. The Morgan fingerprint density at radius 1 is 0.693 bits per heavy atom. The fraction of sp³-hybridized carbons (Fsp3) is 0.753. The van der Waals surface area contributed by atoms with Gasteiger partial charge in [-0.3, -0.25) is 33.8 Å². The number of aromatic nitrogens is 3. The van der Waals surface area contributed by atoms with E-state index >= 15 is 0 Å². The number of aliphatic hydroxyl groups is 1. The summed E-state index contributed by atoms with van der Waals surface area (Å²) in [6.45, 7) is 21.1. The molecule has 2 N–H and O–H groups in total. The molecule has 5 unspecified atom stereocenters. The normalized spacial score (nSPS) is 30.9. The van der Waals surface area contributed by atoms with Crippen LogP contribution in [0.15, 0.2) is 66.9 Å². The fourth-order valence-corrected chi connectivity index (χ4v) is 19.0. The number of carbonyl (C=O) groups is 6. The number of ketones is 1. The monoisotopic (exact) mass is 1640 g/mol. The summed E-state index contributed by atoms with van der Waals surface area (Å²) in [5.74, 6) is -2.62. The van der Waals surface area contributed by atoms with Crippen LogP contribution in [0.1, 0.15) is 135 Å². The number of methoxy groups -OCH3 is 1. The van der Waals surface area contributed by atoms with Crippen LogP contribution in [0.5, 0.6) is 0 Å². The van der Waals surface area contributed by atoms with Crippen LogP contribution in [0.2, 0.25) is 0 Å². The number of amides is 4. The van der Waals surface area contributed by atoms with E-state index in [1.54, 1.807) is 63.8 Å². The summed E-state index contributed by atoms with van der Waals surface area (Å²) >= 11 is 0. The highest BCUT2D eigenvalue weighted by Gasteiger charge is 2.69. The molecule has 31 nitrogen and oxygen atoms in total. The highest BCUT2D eigenvalue weighted by atomic mass is 33.1. The molecule has 13 rings (SSSR count). The maximum absolute atomic E-state index is 14.6. The Balaban J connectivity index is 0.533. The third-order valence-corrected chi connectivity index (χ3v) is 25.3. The first-order chi connectivity index (χ1) is 55.2. The molecule has 114 heavy (non-hydrogen) atoms. The molecule has 0 aliphatic carbocycles. The van der Waals surface area contributed by atoms with Crippen molar-refractivity contribution in [1.82, 2.24) is 25.2 Å². The number of anilines is 1. The van der Waals surface area contributed by atoms with Crippen LogP contribution < -0.4 is 10.2 Å². The van der Waals surface area contributed by atoms with Gasteiger partial charge >= 0.3 is 12.1 Å². The molecule has 1 aromatic carbocycles.